The van der Waals surface area contributed by atoms with Crippen molar-refractivity contribution in [1.29, 1.82) is 0 Å². The van der Waals surface area contributed by atoms with Gasteiger partial charge in [0.2, 0.25) is 0 Å². The van der Waals surface area contributed by atoms with Crippen molar-refractivity contribution in [3.8, 4) is 0 Å². The van der Waals surface area contributed by atoms with E-state index in [4.69, 9.17) is 11.6 Å². The van der Waals surface area contributed by atoms with Gasteiger partial charge in [0.1, 0.15) is 0 Å². The van der Waals surface area contributed by atoms with Crippen molar-refractivity contribution in [2.75, 3.05) is 0 Å². The smallest absolute Gasteiger partial charge is 0 e. The molecule has 0 aliphatic carbocycles. The number of carbonyl (C=O) groups is 1. The van der Waals surface area contributed by atoms with Crippen LogP contribution in [-0.2, 0) is 13.1 Å². The maximum atomic E-state index is 10.8. The van der Waals surface area contributed by atoms with Gasteiger partial charge >= 0.3 is 77.0 Å². The molecule has 16 heavy (non-hydrogen) atoms. The Morgan fingerprint density at radius 3 is 2.44 bits per heavy atom. The van der Waals surface area contributed by atoms with Gasteiger partial charge in [-0.2, -0.15) is 0 Å². The SMILES string of the molecule is CC.O=C(Cl)N1Cc2bbcbc2C1.[B][B]. The van der Waals surface area contributed by atoms with E-state index in [0.717, 1.165) is 0 Å². The van der Waals surface area contributed by atoms with Gasteiger partial charge in [0.15, 0.2) is 0 Å². The second-order valence-corrected chi connectivity index (χ2v) is 3.20. The van der Waals surface area contributed by atoms with Crippen LogP contribution in [0.5, 0.6) is 0 Å². The molecule has 0 unspecified atom stereocenters. The average molecular weight is 227 g/mol. The first-order chi connectivity index (χ1) is 7.77. The molecular weight excluding hydrogens is 216 g/mol. The molecule has 0 fully saturated rings. The number of amides is 1. The monoisotopic (exact) mass is 227 g/mol. The summed E-state index contributed by atoms with van der Waals surface area (Å²) in [7, 11) is 8.00. The Kier molecular flexibility index (Phi) is 8.63. The number of hydrogen-bond acceptors (Lipinski definition) is 1. The normalized spacial score (nSPS) is 10.8. The van der Waals surface area contributed by atoms with E-state index >= 15 is 0 Å². The van der Waals surface area contributed by atoms with E-state index in [1.807, 2.05) is 40.2 Å². The van der Waals surface area contributed by atoms with Crippen molar-refractivity contribution in [3.63, 3.8) is 0 Å². The van der Waals surface area contributed by atoms with Gasteiger partial charge in [-0.1, -0.05) is 13.8 Å². The summed E-state index contributed by atoms with van der Waals surface area (Å²) in [6.45, 7) is 11.3. The van der Waals surface area contributed by atoms with Crippen molar-refractivity contribution in [3.05, 3.63) is 16.8 Å². The van der Waals surface area contributed by atoms with Crippen LogP contribution in [0.25, 0.3) is 0 Å². The molecule has 8 heteroatoms. The summed E-state index contributed by atoms with van der Waals surface area (Å²) in [6.07, 6.45) is 0. The van der Waals surface area contributed by atoms with E-state index in [1.165, 1.54) is 10.9 Å². The summed E-state index contributed by atoms with van der Waals surface area (Å²) >= 11 is 5.36. The van der Waals surface area contributed by atoms with Crippen molar-refractivity contribution < 1.29 is 4.79 Å². The van der Waals surface area contributed by atoms with Gasteiger partial charge in [-0.3, -0.25) is 0 Å². The molecule has 2 nitrogen and oxygen atoms in total. The first-order valence-electron chi connectivity index (χ1n) is 5.12. The third kappa shape index (κ3) is 4.28. The standard InChI is InChI=1S/C6H5B3ClNO.C2H6.B2/c10-6(12)11-1-4-5(2-11)9-8-3-7-4;2*1-2/h3H,1-2H2;1-2H3;. The van der Waals surface area contributed by atoms with Crippen LogP contribution in [0.1, 0.15) is 24.8 Å². The van der Waals surface area contributed by atoms with Crippen LogP contribution < -0.4 is 0 Å². The Morgan fingerprint density at radius 1 is 1.38 bits per heavy atom. The number of fused-ring (bicyclic) bond motifs is 1. The van der Waals surface area contributed by atoms with E-state index in [-0.39, 0.29) is 5.37 Å². The summed E-state index contributed by atoms with van der Waals surface area (Å²) < 4.78 is 0. The average Bonchev–Trinajstić information content (AvgIpc) is 2.78. The Bertz CT molecular complexity index is 313. The van der Waals surface area contributed by atoms with Gasteiger partial charge in [-0.25, -0.2) is 0 Å². The van der Waals surface area contributed by atoms with Gasteiger partial charge in [-0.15, -0.1) is 0 Å². The maximum Gasteiger partial charge on any atom is 0 e. The summed E-state index contributed by atoms with van der Waals surface area (Å²) in [4.78, 5) is 12.4. The van der Waals surface area contributed by atoms with Crippen LogP contribution in [0, 0.1) is 0 Å². The molecule has 0 bridgehead atoms. The summed E-state index contributed by atoms with van der Waals surface area (Å²) in [5.41, 5.74) is 2.40. The minimum Gasteiger partial charge on any atom is 0 e. The molecule has 0 saturated carbocycles. The minimum atomic E-state index is -0.369. The number of rotatable bonds is 0. The van der Waals surface area contributed by atoms with Crippen LogP contribution in [0.2, 0.25) is 0 Å². The van der Waals surface area contributed by atoms with Crippen molar-refractivity contribution in [1.82, 2.24) is 4.90 Å². The number of hydrogen-bond donors (Lipinski definition) is 0. The molecule has 0 atom stereocenters. The third-order valence-corrected chi connectivity index (χ3v) is 2.33. The second kappa shape index (κ2) is 8.80. The molecule has 1 aromatic rings. The fourth-order valence-electron chi connectivity index (χ4n) is 1.46. The van der Waals surface area contributed by atoms with E-state index in [0.29, 0.717) is 13.1 Å². The third-order valence-electron chi connectivity index (χ3n) is 2.09. The van der Waals surface area contributed by atoms with Gasteiger partial charge in [0, 0.05) is 15.5 Å². The predicted molar refractivity (Wildman–Crippen MR) is 73.8 cm³/mol. The largest absolute Gasteiger partial charge is 0 e. The molecular formula is C8H11B5ClNO. The number of carbonyl (C=O) groups excluding carboxylic acids is 1. The predicted octanol–water partition coefficient (Wildman–Crippen LogP) is 0.640. The van der Waals surface area contributed by atoms with Gasteiger partial charge < -0.3 is 0 Å². The van der Waals surface area contributed by atoms with E-state index < -0.39 is 0 Å². The van der Waals surface area contributed by atoms with E-state index in [1.54, 1.807) is 4.90 Å². The molecule has 1 amide bonds. The second-order valence-electron chi connectivity index (χ2n) is 2.88. The molecule has 0 N–H and O–H groups in total. The first-order valence-corrected chi connectivity index (χ1v) is 5.49. The van der Waals surface area contributed by atoms with Crippen LogP contribution in [0.4, 0.5) is 4.79 Å². The van der Waals surface area contributed by atoms with Crippen molar-refractivity contribution in [2.24, 2.45) is 0 Å². The Morgan fingerprint density at radius 2 is 1.94 bits per heavy atom. The quantitative estimate of drug-likeness (QED) is 0.361. The minimum absolute atomic E-state index is 0.369. The summed E-state index contributed by atoms with van der Waals surface area (Å²) in [6, 6.07) is 0. The molecule has 76 valence electrons. The fourth-order valence-corrected chi connectivity index (χ4v) is 1.58. The van der Waals surface area contributed by atoms with Gasteiger partial charge in [0.05, 0.1) is 0 Å². The van der Waals surface area contributed by atoms with Crippen LogP contribution in [0.15, 0.2) is 5.86 Å². The zero-order valence-corrected chi connectivity index (χ0v) is 10.4. The molecule has 0 spiro atoms. The number of nitrogens with zero attached hydrogens (tertiary/aromatic N) is 1. The molecule has 1 aliphatic rings. The van der Waals surface area contributed by atoms with Crippen molar-refractivity contribution >= 4 is 52.9 Å². The first kappa shape index (κ1) is 15.7. The Balaban J connectivity index is 0.000000509. The Labute approximate surface area is 107 Å². The number of halogens is 1. The summed E-state index contributed by atoms with van der Waals surface area (Å²) in [5, 5.41) is -0.369. The maximum absolute atomic E-state index is 10.8. The Hall–Kier alpha value is -0.305. The fraction of sp³-hybridized carbons (Fsp3) is 0.500. The molecule has 0 saturated heterocycles. The summed E-state index contributed by atoms with van der Waals surface area (Å²) in [5.74, 6) is 1.97. The van der Waals surface area contributed by atoms with Crippen molar-refractivity contribution in [2.45, 2.75) is 26.9 Å². The molecule has 1 aromatic heterocycles. The molecule has 2 rings (SSSR count). The van der Waals surface area contributed by atoms with E-state index in [9.17, 15) is 4.79 Å². The molecule has 2 heterocycles. The molecule has 1 aliphatic heterocycles. The molecule has 4 radical (unpaired) electrons. The van der Waals surface area contributed by atoms with Gasteiger partial charge in [-0.05, 0) is 0 Å². The van der Waals surface area contributed by atoms with Gasteiger partial charge in [0.25, 0.3) is 0 Å². The topological polar surface area (TPSA) is 20.3 Å². The zero-order chi connectivity index (χ0) is 12.6. The van der Waals surface area contributed by atoms with Crippen LogP contribution in [-0.4, -0.2) is 46.2 Å². The van der Waals surface area contributed by atoms with Crippen LogP contribution >= 0.6 is 11.6 Å². The molecule has 0 aromatic carbocycles. The zero-order valence-electron chi connectivity index (χ0n) is 9.61. The van der Waals surface area contributed by atoms with E-state index in [2.05, 4.69) is 15.5 Å². The van der Waals surface area contributed by atoms with Crippen LogP contribution in [0.3, 0.4) is 0 Å².